The summed E-state index contributed by atoms with van der Waals surface area (Å²) in [6.45, 7) is 0.528. The van der Waals surface area contributed by atoms with E-state index in [1.165, 1.54) is 5.56 Å². The van der Waals surface area contributed by atoms with Crippen LogP contribution in [0, 0.1) is 0 Å². The number of hydrogen-bond donors (Lipinski definition) is 2. The van der Waals surface area contributed by atoms with Gasteiger partial charge in [0.25, 0.3) is 5.91 Å². The molecule has 4 nitrogen and oxygen atoms in total. The van der Waals surface area contributed by atoms with Crippen LogP contribution < -0.4 is 5.32 Å². The second-order valence-corrected chi connectivity index (χ2v) is 4.77. The molecule has 0 aliphatic carbocycles. The first-order valence-electron chi connectivity index (χ1n) is 5.64. The summed E-state index contributed by atoms with van der Waals surface area (Å²) >= 11 is 1.79. The Kier molecular flexibility index (Phi) is 4.41. The van der Waals surface area contributed by atoms with Crippen molar-refractivity contribution in [1.82, 2.24) is 15.5 Å². The predicted octanol–water partition coefficient (Wildman–Crippen LogP) is 2.20. The highest BCUT2D eigenvalue weighted by molar-refractivity contribution is 7.97. The molecule has 2 aromatic rings. The van der Waals surface area contributed by atoms with Gasteiger partial charge >= 0.3 is 0 Å². The lowest BCUT2D eigenvalue weighted by molar-refractivity contribution is 0.0946. The number of carbonyl (C=O) groups is 1. The van der Waals surface area contributed by atoms with Gasteiger partial charge in [0.2, 0.25) is 0 Å². The van der Waals surface area contributed by atoms with Crippen LogP contribution in [0.2, 0.25) is 0 Å². The van der Waals surface area contributed by atoms with Gasteiger partial charge in [0.15, 0.2) is 0 Å². The number of nitrogens with one attached hydrogen (secondary N) is 2. The number of hydrogen-bond acceptors (Lipinski definition) is 3. The molecule has 1 heterocycles. The van der Waals surface area contributed by atoms with E-state index < -0.39 is 0 Å². The summed E-state index contributed by atoms with van der Waals surface area (Å²) in [7, 11) is 0. The van der Waals surface area contributed by atoms with Crippen molar-refractivity contribution in [1.29, 1.82) is 0 Å². The van der Waals surface area contributed by atoms with Crippen LogP contribution in [0.15, 0.2) is 36.5 Å². The molecule has 1 aromatic carbocycles. The van der Waals surface area contributed by atoms with Crippen LogP contribution >= 0.6 is 11.8 Å². The third-order valence-corrected chi connectivity index (χ3v) is 3.12. The van der Waals surface area contributed by atoms with E-state index in [4.69, 9.17) is 0 Å². The normalized spacial score (nSPS) is 10.3. The number of aromatic nitrogens is 2. The third-order valence-electron chi connectivity index (χ3n) is 2.50. The van der Waals surface area contributed by atoms with Gasteiger partial charge in [0.1, 0.15) is 5.69 Å². The second kappa shape index (κ2) is 6.26. The Bertz CT molecular complexity index is 511. The summed E-state index contributed by atoms with van der Waals surface area (Å²) in [6, 6.07) is 9.89. The van der Waals surface area contributed by atoms with Gasteiger partial charge in [-0.3, -0.25) is 9.89 Å². The van der Waals surface area contributed by atoms with Crippen molar-refractivity contribution >= 4 is 17.7 Å². The number of H-pyrrole nitrogens is 1. The van der Waals surface area contributed by atoms with Gasteiger partial charge in [-0.15, -0.1) is 0 Å². The maximum Gasteiger partial charge on any atom is 0.269 e. The van der Waals surface area contributed by atoms with Crippen molar-refractivity contribution in [3.8, 4) is 0 Å². The Morgan fingerprint density at radius 3 is 2.94 bits per heavy atom. The van der Waals surface area contributed by atoms with Crippen molar-refractivity contribution in [2.24, 2.45) is 0 Å². The molecular weight excluding hydrogens is 246 g/mol. The van der Waals surface area contributed by atoms with E-state index in [1.54, 1.807) is 24.0 Å². The molecule has 94 valence electrons. The molecule has 0 radical (unpaired) electrons. The van der Waals surface area contributed by atoms with E-state index in [2.05, 4.69) is 33.9 Å². The minimum absolute atomic E-state index is 0.136. The molecule has 0 aliphatic heterocycles. The molecule has 0 unspecified atom stereocenters. The Morgan fingerprint density at radius 1 is 1.39 bits per heavy atom. The lowest BCUT2D eigenvalue weighted by atomic mass is 10.1. The number of nitrogens with zero attached hydrogens (tertiary/aromatic N) is 1. The van der Waals surface area contributed by atoms with E-state index in [-0.39, 0.29) is 5.91 Å². The summed E-state index contributed by atoms with van der Waals surface area (Å²) in [5, 5.41) is 9.24. The smallest absolute Gasteiger partial charge is 0.269 e. The molecule has 0 fully saturated rings. The number of thioether (sulfide) groups is 1. The number of benzene rings is 1. The molecule has 2 N–H and O–H groups in total. The maximum atomic E-state index is 11.7. The van der Waals surface area contributed by atoms with Crippen LogP contribution in [0.4, 0.5) is 0 Å². The average molecular weight is 261 g/mol. The molecule has 5 heteroatoms. The largest absolute Gasteiger partial charge is 0.347 e. The molecular formula is C13H15N3OS. The minimum Gasteiger partial charge on any atom is -0.347 e. The highest BCUT2D eigenvalue weighted by atomic mass is 32.2. The fourth-order valence-electron chi connectivity index (χ4n) is 1.66. The molecule has 0 bridgehead atoms. The zero-order valence-corrected chi connectivity index (χ0v) is 11.0. The van der Waals surface area contributed by atoms with Gasteiger partial charge in [-0.25, -0.2) is 0 Å². The molecule has 0 spiro atoms. The van der Waals surface area contributed by atoms with Gasteiger partial charge in [0, 0.05) is 18.5 Å². The van der Waals surface area contributed by atoms with Crippen molar-refractivity contribution in [2.75, 3.05) is 6.26 Å². The minimum atomic E-state index is -0.136. The molecule has 0 saturated heterocycles. The van der Waals surface area contributed by atoms with Gasteiger partial charge in [-0.2, -0.15) is 16.9 Å². The fraction of sp³-hybridized carbons (Fsp3) is 0.231. The molecule has 0 atom stereocenters. The van der Waals surface area contributed by atoms with Crippen LogP contribution in [0.25, 0.3) is 0 Å². The Balaban J connectivity index is 1.93. The summed E-state index contributed by atoms with van der Waals surface area (Å²) in [6.07, 6.45) is 3.64. The third kappa shape index (κ3) is 3.37. The quantitative estimate of drug-likeness (QED) is 0.867. The van der Waals surface area contributed by atoms with Gasteiger partial charge < -0.3 is 5.32 Å². The Morgan fingerprint density at radius 2 is 2.22 bits per heavy atom. The van der Waals surface area contributed by atoms with E-state index in [9.17, 15) is 4.79 Å². The lowest BCUT2D eigenvalue weighted by Crippen LogP contribution is -2.23. The van der Waals surface area contributed by atoms with E-state index in [1.807, 2.05) is 12.1 Å². The first kappa shape index (κ1) is 12.7. The van der Waals surface area contributed by atoms with Gasteiger partial charge in [-0.05, 0) is 23.4 Å². The van der Waals surface area contributed by atoms with Crippen molar-refractivity contribution < 1.29 is 4.79 Å². The molecule has 18 heavy (non-hydrogen) atoms. The predicted molar refractivity (Wildman–Crippen MR) is 73.4 cm³/mol. The van der Waals surface area contributed by atoms with Crippen LogP contribution in [-0.2, 0) is 12.3 Å². The van der Waals surface area contributed by atoms with Crippen LogP contribution in [0.3, 0.4) is 0 Å². The summed E-state index contributed by atoms with van der Waals surface area (Å²) in [5.74, 6) is 0.852. The summed E-state index contributed by atoms with van der Waals surface area (Å²) in [4.78, 5) is 11.7. The summed E-state index contributed by atoms with van der Waals surface area (Å²) < 4.78 is 0. The monoisotopic (exact) mass is 261 g/mol. The van der Waals surface area contributed by atoms with E-state index in [0.29, 0.717) is 12.2 Å². The van der Waals surface area contributed by atoms with Crippen molar-refractivity contribution in [3.63, 3.8) is 0 Å². The first-order valence-corrected chi connectivity index (χ1v) is 7.03. The van der Waals surface area contributed by atoms with E-state index >= 15 is 0 Å². The highest BCUT2D eigenvalue weighted by Gasteiger charge is 2.05. The molecule has 1 aromatic heterocycles. The van der Waals surface area contributed by atoms with Gasteiger partial charge in [-0.1, -0.05) is 24.3 Å². The zero-order chi connectivity index (χ0) is 12.8. The number of aromatic amines is 1. The van der Waals surface area contributed by atoms with Crippen LogP contribution in [0.5, 0.6) is 0 Å². The molecule has 2 rings (SSSR count). The second-order valence-electron chi connectivity index (χ2n) is 3.91. The molecule has 0 aliphatic rings. The SMILES string of the molecule is CSCc1cccc(CNC(=O)c2ccn[nH]2)c1. The zero-order valence-electron chi connectivity index (χ0n) is 10.1. The Hall–Kier alpha value is -1.75. The molecule has 0 saturated carbocycles. The van der Waals surface area contributed by atoms with Crippen molar-refractivity contribution in [3.05, 3.63) is 53.3 Å². The standard InChI is InChI=1S/C13H15N3OS/c1-18-9-11-4-2-3-10(7-11)8-14-13(17)12-5-6-15-16-12/h2-7H,8-9H2,1H3,(H,14,17)(H,15,16). The molecule has 1 amide bonds. The lowest BCUT2D eigenvalue weighted by Gasteiger charge is -2.06. The Labute approximate surface area is 110 Å². The topological polar surface area (TPSA) is 57.8 Å². The van der Waals surface area contributed by atoms with Crippen LogP contribution in [0.1, 0.15) is 21.6 Å². The van der Waals surface area contributed by atoms with E-state index in [0.717, 1.165) is 11.3 Å². The highest BCUT2D eigenvalue weighted by Crippen LogP contribution is 2.11. The fourth-order valence-corrected chi connectivity index (χ4v) is 2.17. The number of rotatable bonds is 5. The van der Waals surface area contributed by atoms with Crippen molar-refractivity contribution in [2.45, 2.75) is 12.3 Å². The van der Waals surface area contributed by atoms with Gasteiger partial charge in [0.05, 0.1) is 0 Å². The average Bonchev–Trinajstić information content (AvgIpc) is 2.91. The number of carbonyl (C=O) groups excluding carboxylic acids is 1. The first-order chi connectivity index (χ1) is 8.79. The number of amides is 1. The summed E-state index contributed by atoms with van der Waals surface area (Å²) in [5.41, 5.74) is 2.86. The maximum absolute atomic E-state index is 11.7. The van der Waals surface area contributed by atoms with Crippen LogP contribution in [-0.4, -0.2) is 22.4 Å².